The Balaban J connectivity index is 1.69. The van der Waals surface area contributed by atoms with Crippen LogP contribution in [0.5, 0.6) is 0 Å². The van der Waals surface area contributed by atoms with Gasteiger partial charge in [-0.2, -0.15) is 5.10 Å². The molecule has 0 atom stereocenters. The number of aromatic nitrogens is 3. The van der Waals surface area contributed by atoms with Crippen LogP contribution in [0.25, 0.3) is 0 Å². The summed E-state index contributed by atoms with van der Waals surface area (Å²) < 4.78 is 0. The van der Waals surface area contributed by atoms with E-state index in [-0.39, 0.29) is 0 Å². The topological polar surface area (TPSA) is 92.0 Å². The molecule has 1 aliphatic rings. The summed E-state index contributed by atoms with van der Waals surface area (Å²) in [7, 11) is 0. The fourth-order valence-corrected chi connectivity index (χ4v) is 1.96. The summed E-state index contributed by atoms with van der Waals surface area (Å²) in [5, 5.41) is 9.80. The molecule has 1 aliphatic carbocycles. The maximum Gasteiger partial charge on any atom is 0.188 e. The first kappa shape index (κ1) is 10.9. The predicted octanol–water partition coefficient (Wildman–Crippen LogP) is 0.194. The third kappa shape index (κ3) is 3.22. The number of aliphatic imine (C=N–C) groups is 1. The van der Waals surface area contributed by atoms with Crippen molar-refractivity contribution in [1.29, 1.82) is 0 Å². The number of rotatable bonds is 4. The molecule has 0 unspecified atom stereocenters. The van der Waals surface area contributed by atoms with Crippen LogP contribution in [0.15, 0.2) is 11.3 Å². The molecule has 0 saturated heterocycles. The zero-order valence-corrected chi connectivity index (χ0v) is 9.32. The van der Waals surface area contributed by atoms with Gasteiger partial charge in [-0.25, -0.2) is 4.98 Å². The van der Waals surface area contributed by atoms with Crippen LogP contribution < -0.4 is 11.1 Å². The average molecular weight is 222 g/mol. The minimum atomic E-state index is 0.522. The van der Waals surface area contributed by atoms with E-state index in [1.165, 1.54) is 32.0 Å². The molecule has 0 amide bonds. The molecular formula is C10H18N6. The lowest BCUT2D eigenvalue weighted by atomic mass is 10.2. The van der Waals surface area contributed by atoms with E-state index < -0.39 is 0 Å². The molecule has 1 fully saturated rings. The van der Waals surface area contributed by atoms with Crippen LogP contribution >= 0.6 is 0 Å². The Bertz CT molecular complexity index is 325. The highest BCUT2D eigenvalue weighted by Gasteiger charge is 2.14. The van der Waals surface area contributed by atoms with Crippen LogP contribution in [0.3, 0.4) is 0 Å². The Kier molecular flexibility index (Phi) is 3.74. The van der Waals surface area contributed by atoms with Crippen molar-refractivity contribution in [2.75, 3.05) is 6.54 Å². The molecule has 4 N–H and O–H groups in total. The second-order valence-electron chi connectivity index (χ2n) is 4.07. The van der Waals surface area contributed by atoms with E-state index in [2.05, 4.69) is 25.5 Å². The molecule has 0 spiro atoms. The third-order valence-electron chi connectivity index (χ3n) is 2.80. The molecule has 0 aliphatic heterocycles. The first-order valence-corrected chi connectivity index (χ1v) is 5.75. The van der Waals surface area contributed by atoms with Gasteiger partial charge in [-0.3, -0.25) is 10.1 Å². The third-order valence-corrected chi connectivity index (χ3v) is 2.80. The van der Waals surface area contributed by atoms with Crippen LogP contribution in [0.4, 0.5) is 0 Å². The molecule has 1 saturated carbocycles. The van der Waals surface area contributed by atoms with Gasteiger partial charge in [-0.1, -0.05) is 12.8 Å². The lowest BCUT2D eigenvalue weighted by Gasteiger charge is -2.11. The zero-order valence-electron chi connectivity index (χ0n) is 9.32. The molecular weight excluding hydrogens is 204 g/mol. The number of nitrogens with zero attached hydrogens (tertiary/aromatic N) is 3. The average Bonchev–Trinajstić information content (AvgIpc) is 2.90. The van der Waals surface area contributed by atoms with Crippen molar-refractivity contribution >= 4 is 5.96 Å². The van der Waals surface area contributed by atoms with Crippen molar-refractivity contribution in [2.24, 2.45) is 10.7 Å². The summed E-state index contributed by atoms with van der Waals surface area (Å²) in [6.45, 7) is 0.640. The number of nitrogens with one attached hydrogen (secondary N) is 2. The van der Waals surface area contributed by atoms with Gasteiger partial charge in [0.25, 0.3) is 0 Å². The summed E-state index contributed by atoms with van der Waals surface area (Å²) >= 11 is 0. The Morgan fingerprint density at radius 1 is 1.56 bits per heavy atom. The minimum Gasteiger partial charge on any atom is -0.370 e. The fraction of sp³-hybridized carbons (Fsp3) is 0.700. The Hall–Kier alpha value is -1.59. The van der Waals surface area contributed by atoms with Crippen LogP contribution in [0.2, 0.25) is 0 Å². The van der Waals surface area contributed by atoms with Gasteiger partial charge in [-0.15, -0.1) is 0 Å². The zero-order chi connectivity index (χ0) is 11.2. The number of H-pyrrole nitrogens is 1. The number of guanidine groups is 1. The van der Waals surface area contributed by atoms with Crippen molar-refractivity contribution in [3.8, 4) is 0 Å². The summed E-state index contributed by atoms with van der Waals surface area (Å²) in [6.07, 6.45) is 7.24. The van der Waals surface area contributed by atoms with Crippen molar-refractivity contribution in [1.82, 2.24) is 20.5 Å². The van der Waals surface area contributed by atoms with E-state index in [0.29, 0.717) is 18.5 Å². The van der Waals surface area contributed by atoms with Crippen molar-refractivity contribution in [3.05, 3.63) is 12.2 Å². The van der Waals surface area contributed by atoms with E-state index in [4.69, 9.17) is 5.73 Å². The van der Waals surface area contributed by atoms with Gasteiger partial charge in [0.1, 0.15) is 12.2 Å². The Morgan fingerprint density at radius 3 is 3.06 bits per heavy atom. The van der Waals surface area contributed by atoms with E-state index in [1.54, 1.807) is 0 Å². The van der Waals surface area contributed by atoms with Crippen molar-refractivity contribution in [3.63, 3.8) is 0 Å². The van der Waals surface area contributed by atoms with Gasteiger partial charge in [0, 0.05) is 19.0 Å². The monoisotopic (exact) mass is 222 g/mol. The predicted molar refractivity (Wildman–Crippen MR) is 62.0 cm³/mol. The molecule has 1 heterocycles. The molecule has 6 nitrogen and oxygen atoms in total. The van der Waals surface area contributed by atoms with Crippen LogP contribution in [-0.2, 0) is 6.42 Å². The molecule has 0 aromatic carbocycles. The standard InChI is InChI=1S/C10H18N6/c11-10(15-8-3-1-2-4-8)12-6-5-9-13-7-14-16-9/h7-8H,1-6H2,(H3,11,12,15)(H,13,14,16). The smallest absolute Gasteiger partial charge is 0.188 e. The molecule has 16 heavy (non-hydrogen) atoms. The molecule has 1 aromatic rings. The SMILES string of the molecule is NC(=NCCc1ncn[nH]1)NC1CCCC1. The highest BCUT2D eigenvalue weighted by Crippen LogP contribution is 2.17. The highest BCUT2D eigenvalue weighted by atomic mass is 15.2. The number of hydrogen-bond donors (Lipinski definition) is 3. The number of aromatic amines is 1. The minimum absolute atomic E-state index is 0.522. The molecule has 6 heteroatoms. The Labute approximate surface area is 94.7 Å². The first-order chi connectivity index (χ1) is 7.84. The molecule has 1 aromatic heterocycles. The molecule has 88 valence electrons. The highest BCUT2D eigenvalue weighted by molar-refractivity contribution is 5.78. The lowest BCUT2D eigenvalue weighted by Crippen LogP contribution is -2.38. The second-order valence-corrected chi connectivity index (χ2v) is 4.07. The fourth-order valence-electron chi connectivity index (χ4n) is 1.96. The largest absolute Gasteiger partial charge is 0.370 e. The van der Waals surface area contributed by atoms with Crippen molar-refractivity contribution < 1.29 is 0 Å². The van der Waals surface area contributed by atoms with Gasteiger partial charge in [-0.05, 0) is 12.8 Å². The van der Waals surface area contributed by atoms with Crippen LogP contribution in [-0.4, -0.2) is 33.7 Å². The summed E-state index contributed by atoms with van der Waals surface area (Å²) in [6, 6.07) is 0.522. The number of hydrogen-bond acceptors (Lipinski definition) is 3. The summed E-state index contributed by atoms with van der Waals surface area (Å²) in [4.78, 5) is 8.28. The molecule has 2 rings (SSSR count). The van der Waals surface area contributed by atoms with E-state index >= 15 is 0 Å². The van der Waals surface area contributed by atoms with Crippen LogP contribution in [0.1, 0.15) is 31.5 Å². The normalized spacial score (nSPS) is 17.9. The summed E-state index contributed by atoms with van der Waals surface area (Å²) in [5.74, 6) is 1.39. The van der Waals surface area contributed by atoms with E-state index in [9.17, 15) is 0 Å². The number of nitrogens with two attached hydrogens (primary N) is 1. The lowest BCUT2D eigenvalue weighted by molar-refractivity contribution is 0.625. The maximum atomic E-state index is 5.79. The van der Waals surface area contributed by atoms with Gasteiger partial charge >= 0.3 is 0 Å². The van der Waals surface area contributed by atoms with Crippen LogP contribution in [0, 0.1) is 0 Å². The quantitative estimate of drug-likeness (QED) is 0.501. The Morgan fingerprint density at radius 2 is 2.38 bits per heavy atom. The maximum absolute atomic E-state index is 5.79. The molecule has 0 radical (unpaired) electrons. The van der Waals surface area contributed by atoms with Gasteiger partial charge in [0.15, 0.2) is 5.96 Å². The van der Waals surface area contributed by atoms with Crippen molar-refractivity contribution in [2.45, 2.75) is 38.1 Å². The van der Waals surface area contributed by atoms with Gasteiger partial charge < -0.3 is 11.1 Å². The van der Waals surface area contributed by atoms with Gasteiger partial charge in [0.05, 0.1) is 0 Å². The molecule has 0 bridgehead atoms. The van der Waals surface area contributed by atoms with Gasteiger partial charge in [0.2, 0.25) is 0 Å². The second kappa shape index (κ2) is 5.48. The van der Waals surface area contributed by atoms with E-state index in [0.717, 1.165) is 12.2 Å². The summed E-state index contributed by atoms with van der Waals surface area (Å²) in [5.41, 5.74) is 5.79. The van der Waals surface area contributed by atoms with E-state index in [1.807, 2.05) is 0 Å². The first-order valence-electron chi connectivity index (χ1n) is 5.75.